The zero-order valence-electron chi connectivity index (χ0n) is 11.8. The van der Waals surface area contributed by atoms with Crippen molar-refractivity contribution < 1.29 is 13.2 Å². The Morgan fingerprint density at radius 2 is 2.00 bits per heavy atom. The van der Waals surface area contributed by atoms with Crippen molar-refractivity contribution in [3.63, 3.8) is 0 Å². The number of amides is 1. The van der Waals surface area contributed by atoms with Crippen LogP contribution >= 0.6 is 0 Å². The van der Waals surface area contributed by atoms with Crippen molar-refractivity contribution in [3.8, 4) is 0 Å². The maximum Gasteiger partial charge on any atom is 0.251 e. The van der Waals surface area contributed by atoms with Gasteiger partial charge in [0.1, 0.15) is 0 Å². The lowest BCUT2D eigenvalue weighted by Crippen LogP contribution is -2.53. The standard InChI is InChI=1S/C14H20N2O3S/c1-3-14(5-4-6-14)16-13(17)10-7-11(15)9-12(8-10)20(2,18)19/h7-9H,3-6,15H2,1-2H3,(H,16,17). The monoisotopic (exact) mass is 296 g/mol. The van der Waals surface area contributed by atoms with E-state index >= 15 is 0 Å². The van der Waals surface area contributed by atoms with Gasteiger partial charge in [0, 0.05) is 23.0 Å². The van der Waals surface area contributed by atoms with E-state index < -0.39 is 9.84 Å². The molecule has 1 aromatic carbocycles. The van der Waals surface area contributed by atoms with Crippen molar-refractivity contribution in [1.29, 1.82) is 0 Å². The summed E-state index contributed by atoms with van der Waals surface area (Å²) in [6, 6.07) is 4.25. The van der Waals surface area contributed by atoms with Gasteiger partial charge in [-0.2, -0.15) is 0 Å². The SMILES string of the molecule is CCC1(NC(=O)c2cc(N)cc(S(C)(=O)=O)c2)CCC1. The van der Waals surface area contributed by atoms with E-state index in [9.17, 15) is 13.2 Å². The van der Waals surface area contributed by atoms with Crippen molar-refractivity contribution in [2.45, 2.75) is 43.0 Å². The highest BCUT2D eigenvalue weighted by Crippen LogP contribution is 2.35. The van der Waals surface area contributed by atoms with Gasteiger partial charge >= 0.3 is 0 Å². The van der Waals surface area contributed by atoms with Crippen molar-refractivity contribution >= 4 is 21.4 Å². The molecule has 110 valence electrons. The Morgan fingerprint density at radius 1 is 1.35 bits per heavy atom. The number of benzene rings is 1. The molecule has 1 amide bonds. The summed E-state index contributed by atoms with van der Waals surface area (Å²) in [5.74, 6) is -0.260. The van der Waals surface area contributed by atoms with E-state index in [4.69, 9.17) is 5.73 Å². The summed E-state index contributed by atoms with van der Waals surface area (Å²) in [7, 11) is -3.38. The maximum absolute atomic E-state index is 12.3. The normalized spacial score (nSPS) is 17.3. The van der Waals surface area contributed by atoms with Crippen LogP contribution in [0.5, 0.6) is 0 Å². The fraction of sp³-hybridized carbons (Fsp3) is 0.500. The molecule has 0 unspecified atom stereocenters. The molecule has 0 spiro atoms. The van der Waals surface area contributed by atoms with Crippen molar-refractivity contribution in [2.24, 2.45) is 0 Å². The Balaban J connectivity index is 2.28. The average Bonchev–Trinajstić information content (AvgIpc) is 2.31. The summed E-state index contributed by atoms with van der Waals surface area (Å²) < 4.78 is 23.2. The van der Waals surface area contributed by atoms with Crippen molar-refractivity contribution in [3.05, 3.63) is 23.8 Å². The highest BCUT2D eigenvalue weighted by Gasteiger charge is 2.36. The van der Waals surface area contributed by atoms with Crippen LogP contribution in [-0.4, -0.2) is 26.1 Å². The van der Waals surface area contributed by atoms with E-state index in [0.29, 0.717) is 5.56 Å². The van der Waals surface area contributed by atoms with Gasteiger partial charge in [0.05, 0.1) is 4.90 Å². The van der Waals surface area contributed by atoms with E-state index in [1.54, 1.807) is 0 Å². The number of nitrogen functional groups attached to an aromatic ring is 1. The third-order valence-electron chi connectivity index (χ3n) is 3.99. The molecule has 0 aromatic heterocycles. The Bertz CT molecular complexity index is 628. The molecule has 1 saturated carbocycles. The number of carbonyl (C=O) groups excluding carboxylic acids is 1. The van der Waals surface area contributed by atoms with E-state index in [1.165, 1.54) is 18.2 Å². The Morgan fingerprint density at radius 3 is 2.45 bits per heavy atom. The van der Waals surface area contributed by atoms with Gasteiger partial charge in [0.2, 0.25) is 0 Å². The molecule has 20 heavy (non-hydrogen) atoms. The molecule has 0 heterocycles. The van der Waals surface area contributed by atoms with Crippen LogP contribution in [0.1, 0.15) is 43.0 Å². The van der Waals surface area contributed by atoms with Gasteiger partial charge in [-0.05, 0) is 43.9 Å². The van der Waals surface area contributed by atoms with Crippen LogP contribution in [0.15, 0.2) is 23.1 Å². The summed E-state index contributed by atoms with van der Waals surface area (Å²) in [5, 5.41) is 3.01. The number of carbonyl (C=O) groups is 1. The quantitative estimate of drug-likeness (QED) is 0.828. The Kier molecular flexibility index (Phi) is 3.77. The second-order valence-corrected chi connectivity index (χ2v) is 7.52. The van der Waals surface area contributed by atoms with Crippen LogP contribution in [0.25, 0.3) is 0 Å². The number of hydrogen-bond donors (Lipinski definition) is 2. The van der Waals surface area contributed by atoms with Crippen LogP contribution in [0.3, 0.4) is 0 Å². The van der Waals surface area contributed by atoms with E-state index in [-0.39, 0.29) is 22.0 Å². The van der Waals surface area contributed by atoms with Crippen LogP contribution in [0.2, 0.25) is 0 Å². The predicted octanol–water partition coefficient (Wildman–Crippen LogP) is 1.73. The molecule has 1 aliphatic rings. The van der Waals surface area contributed by atoms with Gasteiger partial charge in [-0.3, -0.25) is 4.79 Å². The molecular weight excluding hydrogens is 276 g/mol. The number of hydrogen-bond acceptors (Lipinski definition) is 4. The van der Waals surface area contributed by atoms with Gasteiger partial charge in [-0.1, -0.05) is 6.92 Å². The summed E-state index contributed by atoms with van der Waals surface area (Å²) in [6.07, 6.45) is 5.02. The van der Waals surface area contributed by atoms with Gasteiger partial charge in [0.25, 0.3) is 5.91 Å². The molecule has 0 radical (unpaired) electrons. The number of sulfone groups is 1. The molecule has 6 heteroatoms. The van der Waals surface area contributed by atoms with Gasteiger partial charge in [-0.25, -0.2) is 8.42 Å². The second-order valence-electron chi connectivity index (χ2n) is 5.50. The number of rotatable bonds is 4. The molecule has 5 nitrogen and oxygen atoms in total. The first-order valence-corrected chi connectivity index (χ1v) is 8.58. The Hall–Kier alpha value is -1.56. The van der Waals surface area contributed by atoms with E-state index in [2.05, 4.69) is 5.32 Å². The minimum Gasteiger partial charge on any atom is -0.399 e. The van der Waals surface area contributed by atoms with Crippen LogP contribution in [-0.2, 0) is 9.84 Å². The molecule has 0 atom stereocenters. The highest BCUT2D eigenvalue weighted by atomic mass is 32.2. The van der Waals surface area contributed by atoms with Gasteiger partial charge in [0.15, 0.2) is 9.84 Å². The van der Waals surface area contributed by atoms with E-state index in [1.807, 2.05) is 6.92 Å². The third kappa shape index (κ3) is 2.95. The maximum atomic E-state index is 12.3. The van der Waals surface area contributed by atoms with E-state index in [0.717, 1.165) is 31.9 Å². The first-order valence-electron chi connectivity index (χ1n) is 6.69. The first-order chi connectivity index (χ1) is 9.26. The van der Waals surface area contributed by atoms with Gasteiger partial charge in [-0.15, -0.1) is 0 Å². The minimum absolute atomic E-state index is 0.0711. The Labute approximate surface area is 119 Å². The molecule has 1 fully saturated rings. The highest BCUT2D eigenvalue weighted by molar-refractivity contribution is 7.90. The smallest absolute Gasteiger partial charge is 0.251 e. The molecular formula is C14H20N2O3S. The number of nitrogens with one attached hydrogen (secondary N) is 1. The molecule has 0 aliphatic heterocycles. The van der Waals surface area contributed by atoms with Crippen LogP contribution in [0, 0.1) is 0 Å². The number of nitrogens with two attached hydrogens (primary N) is 1. The fourth-order valence-electron chi connectivity index (χ4n) is 2.45. The lowest BCUT2D eigenvalue weighted by Gasteiger charge is -2.42. The zero-order valence-corrected chi connectivity index (χ0v) is 12.6. The topological polar surface area (TPSA) is 89.3 Å². The summed E-state index contributed by atoms with van der Waals surface area (Å²) >= 11 is 0. The number of anilines is 1. The molecule has 2 rings (SSSR count). The van der Waals surface area contributed by atoms with Gasteiger partial charge < -0.3 is 11.1 Å². The largest absolute Gasteiger partial charge is 0.399 e. The zero-order chi connectivity index (χ0) is 15.0. The molecule has 1 aromatic rings. The predicted molar refractivity (Wildman–Crippen MR) is 78.3 cm³/mol. The summed E-state index contributed by atoms with van der Waals surface area (Å²) in [6.45, 7) is 2.04. The lowest BCUT2D eigenvalue weighted by atomic mass is 9.74. The fourth-order valence-corrected chi connectivity index (χ4v) is 3.14. The minimum atomic E-state index is -3.38. The first kappa shape index (κ1) is 14.8. The molecule has 0 saturated heterocycles. The summed E-state index contributed by atoms with van der Waals surface area (Å²) in [4.78, 5) is 12.4. The van der Waals surface area contributed by atoms with Crippen LogP contribution in [0.4, 0.5) is 5.69 Å². The molecule has 1 aliphatic carbocycles. The molecule has 0 bridgehead atoms. The molecule has 3 N–H and O–H groups in total. The van der Waals surface area contributed by atoms with Crippen LogP contribution < -0.4 is 11.1 Å². The average molecular weight is 296 g/mol. The second kappa shape index (κ2) is 5.09. The van der Waals surface area contributed by atoms with Crippen molar-refractivity contribution in [2.75, 3.05) is 12.0 Å². The van der Waals surface area contributed by atoms with Crippen molar-refractivity contribution in [1.82, 2.24) is 5.32 Å². The summed E-state index contributed by atoms with van der Waals surface area (Å²) in [5.41, 5.74) is 6.13. The lowest BCUT2D eigenvalue weighted by molar-refractivity contribution is 0.0820. The third-order valence-corrected chi connectivity index (χ3v) is 5.08.